The van der Waals surface area contributed by atoms with Crippen molar-refractivity contribution in [3.05, 3.63) is 23.5 Å². The molecule has 3 unspecified atom stereocenters. The Labute approximate surface area is 148 Å². The molecule has 2 saturated heterocycles. The van der Waals surface area contributed by atoms with Crippen molar-refractivity contribution in [1.29, 1.82) is 0 Å². The number of H-pyrrole nitrogens is 1. The van der Waals surface area contributed by atoms with E-state index in [4.69, 9.17) is 25.8 Å². The molecule has 3 aromatic heterocycles. The van der Waals surface area contributed by atoms with E-state index in [0.717, 1.165) is 17.5 Å². The van der Waals surface area contributed by atoms with Gasteiger partial charge in [0, 0.05) is 25.4 Å². The topological polar surface area (TPSA) is 87.1 Å². The first-order chi connectivity index (χ1) is 12.2. The van der Waals surface area contributed by atoms with E-state index in [-0.39, 0.29) is 18.3 Å². The Morgan fingerprint density at radius 3 is 3.12 bits per heavy atom. The zero-order valence-corrected chi connectivity index (χ0v) is 14.2. The first-order valence-electron chi connectivity index (χ1n) is 8.12. The number of imidazole rings is 1. The molecule has 5 rings (SSSR count). The summed E-state index contributed by atoms with van der Waals surface area (Å²) < 4.78 is 19.0. The zero-order chi connectivity index (χ0) is 17.0. The molecule has 130 valence electrons. The predicted molar refractivity (Wildman–Crippen MR) is 89.6 cm³/mol. The second-order valence-corrected chi connectivity index (χ2v) is 6.69. The van der Waals surface area contributed by atoms with Gasteiger partial charge in [0.2, 0.25) is 0 Å². The molecular formula is C16H16ClN5O3. The maximum Gasteiger partial charge on any atom is 0.296 e. The van der Waals surface area contributed by atoms with Gasteiger partial charge in [-0.2, -0.15) is 10.1 Å². The van der Waals surface area contributed by atoms with Crippen LogP contribution in [0.25, 0.3) is 22.4 Å². The van der Waals surface area contributed by atoms with Gasteiger partial charge in [-0.3, -0.25) is 4.68 Å². The summed E-state index contributed by atoms with van der Waals surface area (Å²) in [6.45, 7) is 1.21. The van der Waals surface area contributed by atoms with E-state index >= 15 is 0 Å². The number of halogens is 1. The third kappa shape index (κ3) is 2.57. The molecule has 0 aromatic carbocycles. The Hall–Kier alpha value is -2.16. The highest BCUT2D eigenvalue weighted by Crippen LogP contribution is 2.31. The van der Waals surface area contributed by atoms with Gasteiger partial charge in [-0.25, -0.2) is 4.98 Å². The van der Waals surface area contributed by atoms with E-state index in [1.807, 2.05) is 13.2 Å². The first kappa shape index (κ1) is 15.1. The number of aromatic nitrogens is 5. The number of pyridine rings is 1. The van der Waals surface area contributed by atoms with Gasteiger partial charge in [-0.1, -0.05) is 11.6 Å². The molecule has 2 fully saturated rings. The molecule has 0 bridgehead atoms. The van der Waals surface area contributed by atoms with Crippen LogP contribution in [0.1, 0.15) is 6.42 Å². The lowest BCUT2D eigenvalue weighted by Gasteiger charge is -2.15. The van der Waals surface area contributed by atoms with E-state index < -0.39 is 0 Å². The maximum absolute atomic E-state index is 6.37. The lowest BCUT2D eigenvalue weighted by molar-refractivity contribution is 0.0273. The number of fused-ring (bicyclic) bond motifs is 2. The molecule has 3 atom stereocenters. The quantitative estimate of drug-likeness (QED) is 0.767. The molecule has 5 heterocycles. The van der Waals surface area contributed by atoms with Crippen LogP contribution >= 0.6 is 11.6 Å². The van der Waals surface area contributed by atoms with Crippen molar-refractivity contribution < 1.29 is 14.2 Å². The molecular weight excluding hydrogens is 346 g/mol. The predicted octanol–water partition coefficient (Wildman–Crippen LogP) is 1.95. The van der Waals surface area contributed by atoms with Crippen LogP contribution in [0.4, 0.5) is 0 Å². The van der Waals surface area contributed by atoms with Crippen molar-refractivity contribution >= 4 is 22.8 Å². The normalized spacial score (nSPS) is 25.6. The van der Waals surface area contributed by atoms with Gasteiger partial charge in [-0.05, 0) is 12.5 Å². The van der Waals surface area contributed by atoms with Crippen LogP contribution in [0, 0.1) is 0 Å². The van der Waals surface area contributed by atoms with Crippen molar-refractivity contribution in [2.24, 2.45) is 7.05 Å². The number of rotatable bonds is 3. The summed E-state index contributed by atoms with van der Waals surface area (Å²) in [5.41, 5.74) is 2.74. The van der Waals surface area contributed by atoms with Gasteiger partial charge in [0.25, 0.3) is 6.01 Å². The average molecular weight is 362 g/mol. The summed E-state index contributed by atoms with van der Waals surface area (Å²) in [5.74, 6) is 0. The summed E-state index contributed by atoms with van der Waals surface area (Å²) in [5, 5.41) is 4.68. The van der Waals surface area contributed by atoms with Crippen molar-refractivity contribution in [3.63, 3.8) is 0 Å². The van der Waals surface area contributed by atoms with E-state index in [2.05, 4.69) is 20.1 Å². The van der Waals surface area contributed by atoms with Gasteiger partial charge < -0.3 is 19.2 Å². The molecule has 0 amide bonds. The largest absolute Gasteiger partial charge is 0.456 e. The third-order valence-electron chi connectivity index (χ3n) is 4.57. The maximum atomic E-state index is 6.37. The summed E-state index contributed by atoms with van der Waals surface area (Å²) in [4.78, 5) is 12.1. The number of nitrogens with zero attached hydrogens (tertiary/aromatic N) is 4. The van der Waals surface area contributed by atoms with Gasteiger partial charge >= 0.3 is 0 Å². The first-order valence-corrected chi connectivity index (χ1v) is 8.50. The molecule has 2 aliphatic heterocycles. The molecule has 25 heavy (non-hydrogen) atoms. The van der Waals surface area contributed by atoms with Gasteiger partial charge in [-0.15, -0.1) is 0 Å². The van der Waals surface area contributed by atoms with Crippen LogP contribution in [0.3, 0.4) is 0 Å². The molecule has 1 N–H and O–H groups in total. The highest BCUT2D eigenvalue weighted by molar-refractivity contribution is 6.33. The Morgan fingerprint density at radius 1 is 1.36 bits per heavy atom. The third-order valence-corrected chi connectivity index (χ3v) is 4.85. The molecule has 9 heteroatoms. The van der Waals surface area contributed by atoms with Crippen LogP contribution in [0.2, 0.25) is 5.02 Å². The number of aryl methyl sites for hydroxylation is 1. The minimum absolute atomic E-state index is 0.0317. The van der Waals surface area contributed by atoms with E-state index in [1.165, 1.54) is 0 Å². The van der Waals surface area contributed by atoms with Crippen LogP contribution in [0.5, 0.6) is 6.01 Å². The van der Waals surface area contributed by atoms with Crippen LogP contribution < -0.4 is 4.74 Å². The van der Waals surface area contributed by atoms with Gasteiger partial charge in [0.15, 0.2) is 11.8 Å². The minimum Gasteiger partial charge on any atom is -0.456 e. The lowest BCUT2D eigenvalue weighted by atomic mass is 10.1. The van der Waals surface area contributed by atoms with Gasteiger partial charge in [0.05, 0.1) is 35.1 Å². The summed E-state index contributed by atoms with van der Waals surface area (Å²) in [6, 6.07) is 2.19. The Morgan fingerprint density at radius 2 is 2.28 bits per heavy atom. The fraction of sp³-hybridized carbons (Fsp3) is 0.438. The standard InChI is InChI=1S/C16H16ClN5O3/c1-22-6-8(5-18-22)13-9(17)4-10-15(20-13)21-16(19-10)25-12-7-24-11-2-3-23-14(11)12/h4-6,11-12,14H,2-3,7H2,1H3,(H,19,20,21). The number of hydrogen-bond donors (Lipinski definition) is 1. The SMILES string of the molecule is Cn1cc(-c2nc3nc(OC4COC5CCOC54)[nH]c3cc2Cl)cn1. The second-order valence-electron chi connectivity index (χ2n) is 6.29. The van der Waals surface area contributed by atoms with E-state index in [1.54, 1.807) is 16.9 Å². The molecule has 0 aliphatic carbocycles. The highest BCUT2D eigenvalue weighted by atomic mass is 35.5. The molecule has 0 saturated carbocycles. The van der Waals surface area contributed by atoms with Crippen molar-refractivity contribution in [2.75, 3.05) is 13.2 Å². The fourth-order valence-electron chi connectivity index (χ4n) is 3.37. The molecule has 0 spiro atoms. The van der Waals surface area contributed by atoms with Crippen LogP contribution in [0.15, 0.2) is 18.5 Å². The molecule has 0 radical (unpaired) electrons. The van der Waals surface area contributed by atoms with Crippen molar-refractivity contribution in [1.82, 2.24) is 24.7 Å². The average Bonchev–Trinajstić information content (AvgIpc) is 3.32. The van der Waals surface area contributed by atoms with Crippen LogP contribution in [-0.4, -0.2) is 56.3 Å². The Balaban J connectivity index is 1.45. The highest BCUT2D eigenvalue weighted by Gasteiger charge is 2.43. The Bertz CT molecular complexity index is 939. The van der Waals surface area contributed by atoms with E-state index in [0.29, 0.717) is 35.6 Å². The molecule has 3 aromatic rings. The molecule has 8 nitrogen and oxygen atoms in total. The summed E-state index contributed by atoms with van der Waals surface area (Å²) in [7, 11) is 1.85. The van der Waals surface area contributed by atoms with Crippen molar-refractivity contribution in [3.8, 4) is 17.3 Å². The number of hydrogen-bond acceptors (Lipinski definition) is 6. The number of nitrogens with one attached hydrogen (secondary N) is 1. The number of aromatic amines is 1. The fourth-order valence-corrected chi connectivity index (χ4v) is 3.63. The molecule has 2 aliphatic rings. The summed E-state index contributed by atoms with van der Waals surface area (Å²) in [6.07, 6.45) is 4.42. The zero-order valence-electron chi connectivity index (χ0n) is 13.5. The monoisotopic (exact) mass is 361 g/mol. The second kappa shape index (κ2) is 5.69. The number of ether oxygens (including phenoxy) is 3. The minimum atomic E-state index is -0.165. The van der Waals surface area contributed by atoms with Gasteiger partial charge in [0.1, 0.15) is 6.10 Å². The van der Waals surface area contributed by atoms with E-state index in [9.17, 15) is 0 Å². The lowest BCUT2D eigenvalue weighted by Crippen LogP contribution is -2.32. The smallest absolute Gasteiger partial charge is 0.296 e. The Kier molecular flexibility index (Phi) is 3.44. The summed E-state index contributed by atoms with van der Waals surface area (Å²) >= 11 is 6.37. The van der Waals surface area contributed by atoms with Crippen molar-refractivity contribution in [2.45, 2.75) is 24.7 Å². The van der Waals surface area contributed by atoms with Crippen LogP contribution in [-0.2, 0) is 16.5 Å².